The van der Waals surface area contributed by atoms with Crippen LogP contribution in [0.2, 0.25) is 0 Å². The molecular formula is C24H24N8O. The Hall–Kier alpha value is -3.85. The zero-order valence-electron chi connectivity index (χ0n) is 18.6. The van der Waals surface area contributed by atoms with Crippen molar-refractivity contribution in [3.05, 3.63) is 49.3 Å². The van der Waals surface area contributed by atoms with Crippen LogP contribution in [0.25, 0.3) is 44.5 Å². The summed E-state index contributed by atoms with van der Waals surface area (Å²) < 4.78 is 7.93. The molecule has 5 aromatic rings. The molecule has 1 saturated heterocycles. The minimum atomic E-state index is 0.184. The SMILES string of the molecule is CN1CCC(Oc2cnc3ccc(-c4c[nH]c5ncnc(-c6cnn(C)c6)c45)cc3n2)CC1. The highest BCUT2D eigenvalue weighted by Gasteiger charge is 2.19. The van der Waals surface area contributed by atoms with E-state index in [9.17, 15) is 0 Å². The normalized spacial score (nSPS) is 15.5. The van der Waals surface area contributed by atoms with Crippen molar-refractivity contribution in [2.75, 3.05) is 20.1 Å². The zero-order valence-corrected chi connectivity index (χ0v) is 18.6. The fraction of sp³-hybridized carbons (Fsp3) is 0.292. The average Bonchev–Trinajstić information content (AvgIpc) is 3.46. The summed E-state index contributed by atoms with van der Waals surface area (Å²) in [5.74, 6) is 0.576. The van der Waals surface area contributed by atoms with Crippen molar-refractivity contribution in [2.24, 2.45) is 7.05 Å². The number of rotatable bonds is 4. The molecule has 9 nitrogen and oxygen atoms in total. The van der Waals surface area contributed by atoms with Crippen LogP contribution in [0.4, 0.5) is 0 Å². The molecule has 0 bridgehead atoms. The Morgan fingerprint density at radius 1 is 1.00 bits per heavy atom. The molecule has 1 aliphatic rings. The summed E-state index contributed by atoms with van der Waals surface area (Å²) in [5.41, 5.74) is 6.22. The van der Waals surface area contributed by atoms with Gasteiger partial charge in [-0.15, -0.1) is 0 Å². The largest absolute Gasteiger partial charge is 0.473 e. The van der Waals surface area contributed by atoms with Gasteiger partial charge >= 0.3 is 0 Å². The summed E-state index contributed by atoms with van der Waals surface area (Å²) in [5, 5.41) is 5.26. The van der Waals surface area contributed by atoms with Gasteiger partial charge in [0.25, 0.3) is 0 Å². The number of fused-ring (bicyclic) bond motifs is 2. The molecule has 1 aliphatic heterocycles. The van der Waals surface area contributed by atoms with E-state index in [2.05, 4.69) is 43.0 Å². The van der Waals surface area contributed by atoms with Gasteiger partial charge in [-0.3, -0.25) is 4.68 Å². The predicted octanol–water partition coefficient (Wildman–Crippen LogP) is 3.44. The molecule has 0 atom stereocenters. The molecule has 166 valence electrons. The van der Waals surface area contributed by atoms with Crippen molar-refractivity contribution >= 4 is 22.1 Å². The number of hydrogen-bond donors (Lipinski definition) is 1. The van der Waals surface area contributed by atoms with Crippen LogP contribution in [0.1, 0.15) is 12.8 Å². The topological polar surface area (TPSA) is 97.6 Å². The monoisotopic (exact) mass is 440 g/mol. The van der Waals surface area contributed by atoms with Gasteiger partial charge in [0.15, 0.2) is 0 Å². The number of aromatic amines is 1. The first-order valence-corrected chi connectivity index (χ1v) is 11.1. The van der Waals surface area contributed by atoms with Crippen molar-refractivity contribution in [3.63, 3.8) is 0 Å². The Morgan fingerprint density at radius 2 is 1.88 bits per heavy atom. The molecule has 0 radical (unpaired) electrons. The molecule has 1 aromatic carbocycles. The molecule has 33 heavy (non-hydrogen) atoms. The summed E-state index contributed by atoms with van der Waals surface area (Å²) in [6.45, 7) is 2.08. The van der Waals surface area contributed by atoms with Gasteiger partial charge in [-0.05, 0) is 37.6 Å². The highest BCUT2D eigenvalue weighted by molar-refractivity contribution is 6.03. The number of likely N-dealkylation sites (tertiary alicyclic amines) is 1. The van der Waals surface area contributed by atoms with E-state index in [1.54, 1.807) is 17.2 Å². The molecule has 0 unspecified atom stereocenters. The van der Waals surface area contributed by atoms with Gasteiger partial charge in [-0.2, -0.15) is 5.10 Å². The van der Waals surface area contributed by atoms with E-state index < -0.39 is 0 Å². The number of hydrogen-bond acceptors (Lipinski definition) is 7. The Labute approximate surface area is 190 Å². The van der Waals surface area contributed by atoms with Crippen LogP contribution >= 0.6 is 0 Å². The van der Waals surface area contributed by atoms with Gasteiger partial charge in [0.2, 0.25) is 5.88 Å². The number of H-pyrrole nitrogens is 1. The second-order valence-electron chi connectivity index (χ2n) is 8.58. The highest BCUT2D eigenvalue weighted by atomic mass is 16.5. The molecular weight excluding hydrogens is 416 g/mol. The van der Waals surface area contributed by atoms with Crippen molar-refractivity contribution in [2.45, 2.75) is 18.9 Å². The standard InChI is InChI=1S/C24H24N8O/c1-31-7-5-17(6-8-31)33-21-12-25-19-4-3-15(9-20(19)30-21)18-11-26-24-22(18)23(27-14-28-24)16-10-29-32(2)13-16/h3-4,9-14,17H,5-8H2,1-2H3,(H,26,27,28). The maximum absolute atomic E-state index is 6.16. The second kappa shape index (κ2) is 7.93. The maximum atomic E-state index is 6.16. The summed E-state index contributed by atoms with van der Waals surface area (Å²) in [7, 11) is 4.04. The number of nitrogens with zero attached hydrogens (tertiary/aromatic N) is 7. The third-order valence-corrected chi connectivity index (χ3v) is 6.23. The van der Waals surface area contributed by atoms with Crippen LogP contribution < -0.4 is 4.74 Å². The highest BCUT2D eigenvalue weighted by Crippen LogP contribution is 2.35. The molecule has 0 amide bonds. The number of benzene rings is 1. The number of ether oxygens (including phenoxy) is 1. The second-order valence-corrected chi connectivity index (χ2v) is 8.58. The third kappa shape index (κ3) is 3.70. The number of aromatic nitrogens is 7. The molecule has 0 aliphatic carbocycles. The molecule has 9 heteroatoms. The van der Waals surface area contributed by atoms with Gasteiger partial charge in [-0.25, -0.2) is 19.9 Å². The Bertz CT molecular complexity index is 1450. The van der Waals surface area contributed by atoms with Crippen LogP contribution in [0.15, 0.2) is 49.3 Å². The summed E-state index contributed by atoms with van der Waals surface area (Å²) in [6.07, 6.45) is 11.2. The van der Waals surface area contributed by atoms with Gasteiger partial charge in [0, 0.05) is 43.7 Å². The lowest BCUT2D eigenvalue weighted by molar-refractivity contribution is 0.110. The summed E-state index contributed by atoms with van der Waals surface area (Å²) in [6, 6.07) is 6.09. The minimum absolute atomic E-state index is 0.184. The van der Waals surface area contributed by atoms with Crippen LogP contribution in [0, 0.1) is 0 Å². The van der Waals surface area contributed by atoms with E-state index >= 15 is 0 Å². The number of nitrogens with one attached hydrogen (secondary N) is 1. The molecule has 1 N–H and O–H groups in total. The maximum Gasteiger partial charge on any atom is 0.233 e. The molecule has 0 saturated carbocycles. The lowest BCUT2D eigenvalue weighted by Crippen LogP contribution is -2.35. The van der Waals surface area contributed by atoms with E-state index in [0.717, 1.165) is 70.4 Å². The lowest BCUT2D eigenvalue weighted by atomic mass is 10.0. The van der Waals surface area contributed by atoms with Gasteiger partial charge < -0.3 is 14.6 Å². The van der Waals surface area contributed by atoms with Gasteiger partial charge in [0.05, 0.1) is 34.5 Å². The average molecular weight is 441 g/mol. The van der Waals surface area contributed by atoms with Crippen molar-refractivity contribution in [1.82, 2.24) is 39.6 Å². The number of piperidine rings is 1. The fourth-order valence-electron chi connectivity index (χ4n) is 4.45. The lowest BCUT2D eigenvalue weighted by Gasteiger charge is -2.28. The summed E-state index contributed by atoms with van der Waals surface area (Å²) in [4.78, 5) is 23.9. The Kier molecular flexibility index (Phi) is 4.76. The van der Waals surface area contributed by atoms with Crippen molar-refractivity contribution in [3.8, 4) is 28.3 Å². The van der Waals surface area contributed by atoms with Crippen LogP contribution in [-0.4, -0.2) is 65.8 Å². The first-order chi connectivity index (χ1) is 16.1. The molecule has 1 fully saturated rings. The summed E-state index contributed by atoms with van der Waals surface area (Å²) >= 11 is 0. The van der Waals surface area contributed by atoms with Gasteiger partial charge in [0.1, 0.15) is 18.1 Å². The van der Waals surface area contributed by atoms with E-state index in [0.29, 0.717) is 5.88 Å². The number of aryl methyl sites for hydroxylation is 1. The van der Waals surface area contributed by atoms with E-state index in [4.69, 9.17) is 9.72 Å². The fourth-order valence-corrected chi connectivity index (χ4v) is 4.45. The Morgan fingerprint density at radius 3 is 2.70 bits per heavy atom. The van der Waals surface area contributed by atoms with Gasteiger partial charge in [-0.1, -0.05) is 6.07 Å². The third-order valence-electron chi connectivity index (χ3n) is 6.23. The molecule has 0 spiro atoms. The Balaban J connectivity index is 1.39. The minimum Gasteiger partial charge on any atom is -0.473 e. The molecule has 4 aromatic heterocycles. The molecule has 5 heterocycles. The van der Waals surface area contributed by atoms with E-state index in [1.165, 1.54) is 0 Å². The quantitative estimate of drug-likeness (QED) is 0.457. The molecule has 6 rings (SSSR count). The van der Waals surface area contributed by atoms with Crippen molar-refractivity contribution in [1.29, 1.82) is 0 Å². The van der Waals surface area contributed by atoms with Crippen molar-refractivity contribution < 1.29 is 4.74 Å². The zero-order chi connectivity index (χ0) is 22.4. The van der Waals surface area contributed by atoms with E-state index in [-0.39, 0.29) is 6.10 Å². The van der Waals surface area contributed by atoms with E-state index in [1.807, 2.05) is 37.8 Å². The van der Waals surface area contributed by atoms with Crippen LogP contribution in [-0.2, 0) is 7.05 Å². The predicted molar refractivity (Wildman–Crippen MR) is 126 cm³/mol. The van der Waals surface area contributed by atoms with Crippen LogP contribution in [0.5, 0.6) is 5.88 Å². The smallest absolute Gasteiger partial charge is 0.233 e. The first-order valence-electron chi connectivity index (χ1n) is 11.1. The van der Waals surface area contributed by atoms with Crippen LogP contribution in [0.3, 0.4) is 0 Å². The first kappa shape index (κ1) is 19.8.